The third kappa shape index (κ3) is 5.25. The molecule has 0 saturated carbocycles. The van der Waals surface area contributed by atoms with Gasteiger partial charge in [0.05, 0.1) is 17.9 Å². The predicted octanol–water partition coefficient (Wildman–Crippen LogP) is 14.3. The van der Waals surface area contributed by atoms with Crippen LogP contribution in [0.4, 0.5) is 0 Å². The summed E-state index contributed by atoms with van der Waals surface area (Å²) in [6.45, 7) is 4.44. The van der Waals surface area contributed by atoms with Gasteiger partial charge in [0.25, 0.3) is 0 Å². The summed E-state index contributed by atoms with van der Waals surface area (Å²) in [6, 6.07) is 50.8. The molecular formula is C54H36N4S. The highest BCUT2D eigenvalue weighted by Crippen LogP contribution is 2.50. The largest absolute Gasteiger partial charge is 0.309 e. The second-order valence-electron chi connectivity index (χ2n) is 15.7. The maximum absolute atomic E-state index is 9.05. The molecule has 5 heteroatoms. The molecule has 3 aromatic heterocycles. The highest BCUT2D eigenvalue weighted by atomic mass is 32.1. The number of aromatic nitrogens is 4. The van der Waals surface area contributed by atoms with Gasteiger partial charge in [-0.05, 0) is 69.8 Å². The standard InChI is InChI=1S/C54H36N4S/c1-54(2)45-22-12-9-19-38(45)39-27-26-36(29-46(39)54)52-55-51(34-17-7-4-8-18-34)56-53(57-52)44-32-37(58-47-23-13-10-20-40(47)41-21-11-14-24-48(41)58)31-43-42-28-25-35(30-49(42)59-50(43)44)33-15-5-3-6-16-33/h3-32H,1-2H3/i4D,7D,8D,17D,18D. The molecule has 59 heavy (non-hydrogen) atoms. The lowest BCUT2D eigenvalue weighted by molar-refractivity contribution is 0.660. The van der Waals surface area contributed by atoms with Crippen LogP contribution in [0.1, 0.15) is 31.8 Å². The molecule has 0 N–H and O–H groups in total. The van der Waals surface area contributed by atoms with E-state index >= 15 is 0 Å². The molecule has 0 bridgehead atoms. The molecule has 1 aliphatic rings. The lowest BCUT2D eigenvalue weighted by Crippen LogP contribution is -2.15. The van der Waals surface area contributed by atoms with Crippen molar-refractivity contribution in [2.75, 3.05) is 0 Å². The minimum atomic E-state index is -0.477. The van der Waals surface area contributed by atoms with Crippen molar-refractivity contribution in [3.8, 4) is 62.1 Å². The van der Waals surface area contributed by atoms with Crippen molar-refractivity contribution in [1.82, 2.24) is 19.5 Å². The van der Waals surface area contributed by atoms with E-state index in [1.807, 2.05) is 24.3 Å². The first-order valence-electron chi connectivity index (χ1n) is 22.2. The zero-order valence-electron chi connectivity index (χ0n) is 37.1. The van der Waals surface area contributed by atoms with Crippen LogP contribution in [-0.2, 0) is 5.41 Å². The van der Waals surface area contributed by atoms with Crippen LogP contribution in [0, 0.1) is 0 Å². The first kappa shape index (κ1) is 29.1. The van der Waals surface area contributed by atoms with Crippen molar-refractivity contribution in [2.24, 2.45) is 0 Å². The lowest BCUT2D eigenvalue weighted by Gasteiger charge is -2.21. The fourth-order valence-electron chi connectivity index (χ4n) is 9.11. The fourth-order valence-corrected chi connectivity index (χ4v) is 10.3. The van der Waals surface area contributed by atoms with E-state index in [1.165, 1.54) is 11.1 Å². The Labute approximate surface area is 352 Å². The zero-order chi connectivity index (χ0) is 43.6. The molecule has 0 spiro atoms. The van der Waals surface area contributed by atoms with Crippen molar-refractivity contribution in [1.29, 1.82) is 0 Å². The molecule has 8 aromatic carbocycles. The van der Waals surface area contributed by atoms with Crippen LogP contribution in [0.3, 0.4) is 0 Å². The summed E-state index contributed by atoms with van der Waals surface area (Å²) in [4.78, 5) is 15.4. The summed E-state index contributed by atoms with van der Waals surface area (Å²) in [5.74, 6) is 0.671. The van der Waals surface area contributed by atoms with Gasteiger partial charge in [0.15, 0.2) is 17.5 Å². The molecule has 0 saturated heterocycles. The third-order valence-corrected chi connectivity index (χ3v) is 13.1. The molecule has 0 unspecified atom stereocenters. The van der Waals surface area contributed by atoms with Gasteiger partial charge in [-0.2, -0.15) is 0 Å². The summed E-state index contributed by atoms with van der Waals surface area (Å²) in [5.41, 5.74) is 11.0. The van der Waals surface area contributed by atoms with Crippen molar-refractivity contribution in [3.63, 3.8) is 0 Å². The summed E-state index contributed by atoms with van der Waals surface area (Å²) in [6.07, 6.45) is 0. The number of benzene rings is 8. The molecule has 1 aliphatic carbocycles. The Hall–Kier alpha value is -7.21. The van der Waals surface area contributed by atoms with Gasteiger partial charge >= 0.3 is 0 Å². The number of para-hydroxylation sites is 2. The van der Waals surface area contributed by atoms with Gasteiger partial charge in [0, 0.05) is 58.7 Å². The second-order valence-corrected chi connectivity index (χ2v) is 16.7. The smallest absolute Gasteiger partial charge is 0.165 e. The SMILES string of the molecule is [2H]c1c([2H])c([2H])c(-c2nc(-c3ccc4c(c3)C(C)(C)c3ccccc3-4)nc(-c3cc(-n4c5ccccc5c5ccccc54)cc4c3sc3cc(-c5ccccc5)ccc34)n2)c([2H])c1[2H]. The van der Waals surface area contributed by atoms with Crippen molar-refractivity contribution in [3.05, 3.63) is 193 Å². The van der Waals surface area contributed by atoms with E-state index in [2.05, 4.69) is 146 Å². The minimum absolute atomic E-state index is 0.00272. The fraction of sp³-hybridized carbons (Fsp3) is 0.0556. The summed E-state index contributed by atoms with van der Waals surface area (Å²) >= 11 is 1.66. The van der Waals surface area contributed by atoms with E-state index < -0.39 is 18.1 Å². The highest BCUT2D eigenvalue weighted by Gasteiger charge is 2.35. The number of hydrogen-bond donors (Lipinski definition) is 0. The van der Waals surface area contributed by atoms with Gasteiger partial charge in [0.1, 0.15) is 0 Å². The lowest BCUT2D eigenvalue weighted by atomic mass is 9.82. The normalized spacial score (nSPS) is 14.2. The number of rotatable bonds is 5. The molecule has 0 fully saturated rings. The van der Waals surface area contributed by atoms with E-state index in [0.717, 1.165) is 81.0 Å². The number of nitrogens with zero attached hydrogens (tertiary/aromatic N) is 4. The Bertz CT molecular complexity index is 3700. The Morgan fingerprint density at radius 3 is 1.90 bits per heavy atom. The van der Waals surface area contributed by atoms with Gasteiger partial charge in [0.2, 0.25) is 0 Å². The molecule has 3 heterocycles. The van der Waals surface area contributed by atoms with Crippen LogP contribution < -0.4 is 0 Å². The Kier molecular flexibility index (Phi) is 6.36. The minimum Gasteiger partial charge on any atom is -0.309 e. The van der Waals surface area contributed by atoms with E-state index in [-0.39, 0.29) is 28.9 Å². The monoisotopic (exact) mass is 777 g/mol. The molecule has 0 amide bonds. The third-order valence-electron chi connectivity index (χ3n) is 11.9. The number of fused-ring (bicyclic) bond motifs is 9. The molecule has 0 aliphatic heterocycles. The Morgan fingerprint density at radius 2 is 1.12 bits per heavy atom. The van der Waals surface area contributed by atoms with Gasteiger partial charge in [-0.25, -0.2) is 15.0 Å². The van der Waals surface area contributed by atoms with Crippen molar-refractivity contribution in [2.45, 2.75) is 19.3 Å². The molecular weight excluding hydrogens is 737 g/mol. The number of hydrogen-bond acceptors (Lipinski definition) is 4. The molecule has 0 radical (unpaired) electrons. The second kappa shape index (κ2) is 12.9. The van der Waals surface area contributed by atoms with Gasteiger partial charge < -0.3 is 4.57 Å². The number of thiophene rings is 1. The van der Waals surface area contributed by atoms with Crippen molar-refractivity contribution >= 4 is 53.3 Å². The van der Waals surface area contributed by atoms with Gasteiger partial charge in [-0.1, -0.05) is 159 Å². The molecule has 12 rings (SSSR count). The van der Waals surface area contributed by atoms with Crippen LogP contribution in [0.2, 0.25) is 0 Å². The summed E-state index contributed by atoms with van der Waals surface area (Å²) in [5, 5.41) is 4.38. The van der Waals surface area contributed by atoms with Crippen molar-refractivity contribution < 1.29 is 6.85 Å². The summed E-state index contributed by atoms with van der Waals surface area (Å²) in [7, 11) is 0. The Balaban J connectivity index is 1.17. The van der Waals surface area contributed by atoms with Crippen LogP contribution >= 0.6 is 11.3 Å². The van der Waals surface area contributed by atoms with Gasteiger partial charge in [-0.3, -0.25) is 0 Å². The van der Waals surface area contributed by atoms with Crippen LogP contribution in [0.5, 0.6) is 0 Å². The quantitative estimate of drug-likeness (QED) is 0.175. The Morgan fingerprint density at radius 1 is 0.475 bits per heavy atom. The zero-order valence-corrected chi connectivity index (χ0v) is 32.9. The maximum atomic E-state index is 9.05. The average molecular weight is 778 g/mol. The molecule has 4 nitrogen and oxygen atoms in total. The van der Waals surface area contributed by atoms with E-state index in [9.17, 15) is 0 Å². The topological polar surface area (TPSA) is 43.6 Å². The van der Waals surface area contributed by atoms with Crippen LogP contribution in [0.25, 0.3) is 104 Å². The van der Waals surface area contributed by atoms with E-state index in [0.29, 0.717) is 11.6 Å². The van der Waals surface area contributed by atoms with E-state index in [4.69, 9.17) is 21.8 Å². The summed E-state index contributed by atoms with van der Waals surface area (Å²) < 4.78 is 48.1. The molecule has 278 valence electrons. The average Bonchev–Trinajstić information content (AvgIpc) is 3.95. The molecule has 11 aromatic rings. The first-order valence-corrected chi connectivity index (χ1v) is 20.5. The first-order chi connectivity index (χ1) is 31.1. The van der Waals surface area contributed by atoms with Gasteiger partial charge in [-0.15, -0.1) is 11.3 Å². The predicted molar refractivity (Wildman–Crippen MR) is 246 cm³/mol. The molecule has 0 atom stereocenters. The van der Waals surface area contributed by atoms with Crippen LogP contribution in [-0.4, -0.2) is 19.5 Å². The van der Waals surface area contributed by atoms with E-state index in [1.54, 1.807) is 11.3 Å². The maximum Gasteiger partial charge on any atom is 0.165 e. The van der Waals surface area contributed by atoms with Crippen LogP contribution in [0.15, 0.2) is 182 Å². The highest BCUT2D eigenvalue weighted by molar-refractivity contribution is 7.26.